The van der Waals surface area contributed by atoms with Crippen molar-refractivity contribution in [3.63, 3.8) is 0 Å². The summed E-state index contributed by atoms with van der Waals surface area (Å²) in [6, 6.07) is 3.29. The van der Waals surface area contributed by atoms with Gasteiger partial charge in [0.2, 0.25) is 15.9 Å². The van der Waals surface area contributed by atoms with Crippen molar-refractivity contribution in [1.29, 1.82) is 0 Å². The van der Waals surface area contributed by atoms with Gasteiger partial charge in [-0.2, -0.15) is 0 Å². The highest BCUT2D eigenvalue weighted by atomic mass is 35.5. The minimum atomic E-state index is -3.55. The average molecular weight is 379 g/mol. The van der Waals surface area contributed by atoms with E-state index in [0.717, 1.165) is 37.0 Å². The number of hydrogen-bond donors (Lipinski definition) is 1. The lowest BCUT2D eigenvalue weighted by Gasteiger charge is -2.30. The fraction of sp³-hybridized carbons (Fsp3) is 0.667. The Balaban J connectivity index is 1.92. The molecule has 1 heterocycles. The molecule has 1 aromatic rings. The van der Waals surface area contributed by atoms with Gasteiger partial charge in [-0.3, -0.25) is 4.79 Å². The molecule has 1 aliphatic rings. The van der Waals surface area contributed by atoms with Crippen LogP contribution in [0.3, 0.4) is 0 Å². The van der Waals surface area contributed by atoms with Crippen LogP contribution in [-0.2, 0) is 14.8 Å². The molecule has 2 rings (SSSR count). The Morgan fingerprint density at radius 1 is 1.30 bits per heavy atom. The van der Waals surface area contributed by atoms with E-state index in [1.165, 1.54) is 18.9 Å². The van der Waals surface area contributed by atoms with E-state index in [4.69, 9.17) is 11.6 Å². The maximum Gasteiger partial charge on any atom is 0.250 e. The fourth-order valence-corrected chi connectivity index (χ4v) is 5.53. The molecule has 0 aromatic carbocycles. The molecule has 1 aromatic heterocycles. The molecule has 0 saturated heterocycles. The largest absolute Gasteiger partial charge is 0.339 e. The molecule has 1 saturated carbocycles. The van der Waals surface area contributed by atoms with E-state index in [0.29, 0.717) is 10.9 Å². The smallest absolute Gasteiger partial charge is 0.250 e. The zero-order valence-corrected chi connectivity index (χ0v) is 15.6. The van der Waals surface area contributed by atoms with Crippen molar-refractivity contribution in [3.8, 4) is 0 Å². The Kier molecular flexibility index (Phi) is 6.88. The molecule has 0 spiro atoms. The van der Waals surface area contributed by atoms with E-state index in [1.807, 2.05) is 4.90 Å². The van der Waals surface area contributed by atoms with Crippen LogP contribution in [0.1, 0.15) is 45.4 Å². The van der Waals surface area contributed by atoms with Crippen molar-refractivity contribution >= 4 is 38.9 Å². The van der Waals surface area contributed by atoms with E-state index in [1.54, 1.807) is 13.0 Å². The number of nitrogens with zero attached hydrogens (tertiary/aromatic N) is 1. The molecule has 0 aliphatic heterocycles. The third-order valence-electron chi connectivity index (χ3n) is 4.13. The van der Waals surface area contributed by atoms with Crippen LogP contribution in [0.5, 0.6) is 0 Å². The number of amides is 1. The SMILES string of the molecule is CC(=O)N(CCNS(=O)(=O)c1ccc(Cl)s1)C1CCCCCC1. The first-order valence-corrected chi connectivity index (χ1v) is 10.6. The van der Waals surface area contributed by atoms with Crippen LogP contribution in [0, 0.1) is 0 Å². The topological polar surface area (TPSA) is 66.5 Å². The number of halogens is 1. The molecule has 0 bridgehead atoms. The van der Waals surface area contributed by atoms with Crippen molar-refractivity contribution in [2.24, 2.45) is 0 Å². The van der Waals surface area contributed by atoms with Gasteiger partial charge in [0, 0.05) is 26.1 Å². The first kappa shape index (κ1) is 18.7. The van der Waals surface area contributed by atoms with E-state index in [2.05, 4.69) is 4.72 Å². The number of sulfonamides is 1. The number of rotatable bonds is 6. The second kappa shape index (κ2) is 8.46. The molecule has 0 radical (unpaired) electrons. The van der Waals surface area contributed by atoms with Crippen molar-refractivity contribution in [3.05, 3.63) is 16.5 Å². The standard InChI is InChI=1S/C15H23ClN2O3S2/c1-12(19)18(13-6-4-2-3-5-7-13)11-10-17-23(20,21)15-9-8-14(16)22-15/h8-9,13,17H,2-7,10-11H2,1H3. The van der Waals surface area contributed by atoms with Gasteiger partial charge in [0.1, 0.15) is 4.21 Å². The molecule has 1 amide bonds. The van der Waals surface area contributed by atoms with Gasteiger partial charge in [0.15, 0.2) is 0 Å². The summed E-state index contributed by atoms with van der Waals surface area (Å²) in [6.45, 7) is 2.17. The minimum Gasteiger partial charge on any atom is -0.339 e. The van der Waals surface area contributed by atoms with Crippen LogP contribution in [-0.4, -0.2) is 38.4 Å². The first-order valence-electron chi connectivity index (χ1n) is 7.92. The predicted molar refractivity (Wildman–Crippen MR) is 93.4 cm³/mol. The number of nitrogens with one attached hydrogen (secondary N) is 1. The third-order valence-corrected chi connectivity index (χ3v) is 7.31. The Hall–Kier alpha value is -0.630. The van der Waals surface area contributed by atoms with Crippen molar-refractivity contribution in [2.75, 3.05) is 13.1 Å². The van der Waals surface area contributed by atoms with Crippen LogP contribution in [0.4, 0.5) is 0 Å². The summed E-state index contributed by atoms with van der Waals surface area (Å²) in [5.41, 5.74) is 0. The van der Waals surface area contributed by atoms with Gasteiger partial charge in [0.25, 0.3) is 0 Å². The maximum absolute atomic E-state index is 12.2. The highest BCUT2D eigenvalue weighted by Crippen LogP contribution is 2.25. The number of hydrogen-bond acceptors (Lipinski definition) is 4. The number of thiophene rings is 1. The summed E-state index contributed by atoms with van der Waals surface area (Å²) in [6.07, 6.45) is 6.71. The second-order valence-electron chi connectivity index (χ2n) is 5.81. The van der Waals surface area contributed by atoms with E-state index in [-0.39, 0.29) is 22.7 Å². The predicted octanol–water partition coefficient (Wildman–Crippen LogP) is 3.25. The van der Waals surface area contributed by atoms with E-state index >= 15 is 0 Å². The maximum atomic E-state index is 12.2. The van der Waals surface area contributed by atoms with E-state index < -0.39 is 10.0 Å². The molecule has 0 unspecified atom stereocenters. The summed E-state index contributed by atoms with van der Waals surface area (Å²) in [5, 5.41) is 0. The molecular weight excluding hydrogens is 356 g/mol. The molecule has 1 fully saturated rings. The van der Waals surface area contributed by atoms with Crippen LogP contribution < -0.4 is 4.72 Å². The van der Waals surface area contributed by atoms with E-state index in [9.17, 15) is 13.2 Å². The molecule has 0 atom stereocenters. The van der Waals surface area contributed by atoms with Crippen molar-refractivity contribution in [1.82, 2.24) is 9.62 Å². The Morgan fingerprint density at radius 2 is 1.96 bits per heavy atom. The minimum absolute atomic E-state index is 0.00951. The third kappa shape index (κ3) is 5.45. The van der Waals surface area contributed by atoms with Gasteiger partial charge in [-0.05, 0) is 25.0 Å². The Bertz CT molecular complexity index is 622. The second-order valence-corrected chi connectivity index (χ2v) is 9.52. The molecule has 5 nitrogen and oxygen atoms in total. The van der Waals surface area contributed by atoms with Gasteiger partial charge in [-0.1, -0.05) is 37.3 Å². The first-order chi connectivity index (χ1) is 10.9. The van der Waals surface area contributed by atoms with Gasteiger partial charge in [0.05, 0.1) is 4.34 Å². The zero-order valence-electron chi connectivity index (χ0n) is 13.3. The van der Waals surface area contributed by atoms with Gasteiger partial charge in [-0.15, -0.1) is 11.3 Å². The summed E-state index contributed by atoms with van der Waals surface area (Å²) < 4.78 is 27.5. The summed E-state index contributed by atoms with van der Waals surface area (Å²) in [5.74, 6) is 0.00951. The summed E-state index contributed by atoms with van der Waals surface area (Å²) >= 11 is 6.81. The van der Waals surface area contributed by atoms with Gasteiger partial charge < -0.3 is 4.90 Å². The molecular formula is C15H23ClN2O3S2. The highest BCUT2D eigenvalue weighted by molar-refractivity contribution is 7.91. The van der Waals surface area contributed by atoms with Crippen LogP contribution in [0.2, 0.25) is 4.34 Å². The summed E-state index contributed by atoms with van der Waals surface area (Å²) in [7, 11) is -3.55. The van der Waals surface area contributed by atoms with Gasteiger partial charge in [-0.25, -0.2) is 13.1 Å². The Labute approximate surface area is 147 Å². The fourth-order valence-electron chi connectivity index (χ4n) is 2.98. The molecule has 23 heavy (non-hydrogen) atoms. The van der Waals surface area contributed by atoms with Gasteiger partial charge >= 0.3 is 0 Å². The Morgan fingerprint density at radius 3 is 2.48 bits per heavy atom. The van der Waals surface area contributed by atoms with Crippen LogP contribution >= 0.6 is 22.9 Å². The average Bonchev–Trinajstić information content (AvgIpc) is 2.77. The van der Waals surface area contributed by atoms with Crippen LogP contribution in [0.15, 0.2) is 16.3 Å². The zero-order chi connectivity index (χ0) is 16.9. The van der Waals surface area contributed by atoms with Crippen LogP contribution in [0.25, 0.3) is 0 Å². The molecule has 130 valence electrons. The molecule has 1 aliphatic carbocycles. The molecule has 8 heteroatoms. The normalized spacial score (nSPS) is 17.0. The monoisotopic (exact) mass is 378 g/mol. The van der Waals surface area contributed by atoms with Crippen molar-refractivity contribution in [2.45, 2.75) is 55.7 Å². The highest BCUT2D eigenvalue weighted by Gasteiger charge is 2.23. The lowest BCUT2D eigenvalue weighted by Crippen LogP contribution is -2.43. The number of carbonyl (C=O) groups is 1. The quantitative estimate of drug-likeness (QED) is 0.772. The number of carbonyl (C=O) groups excluding carboxylic acids is 1. The lowest BCUT2D eigenvalue weighted by atomic mass is 10.1. The lowest BCUT2D eigenvalue weighted by molar-refractivity contribution is -0.131. The van der Waals surface area contributed by atoms with Crippen molar-refractivity contribution < 1.29 is 13.2 Å². The molecule has 1 N–H and O–H groups in total. The summed E-state index contributed by atoms with van der Waals surface area (Å²) in [4.78, 5) is 13.7.